The van der Waals surface area contributed by atoms with E-state index in [1.54, 1.807) is 12.3 Å². The average molecular weight is 383 g/mol. The molecule has 0 radical (unpaired) electrons. The van der Waals surface area contributed by atoms with E-state index in [2.05, 4.69) is 10.3 Å². The number of nitrogens with zero attached hydrogens (tertiary/aromatic N) is 1. The van der Waals surface area contributed by atoms with Crippen LogP contribution in [0.1, 0.15) is 36.1 Å². The first-order valence-electron chi connectivity index (χ1n) is 9.70. The summed E-state index contributed by atoms with van der Waals surface area (Å²) in [6.07, 6.45) is 5.85. The van der Waals surface area contributed by atoms with E-state index in [4.69, 9.17) is 5.41 Å². The maximum Gasteiger partial charge on any atom is 0.233 e. The fourth-order valence-corrected chi connectivity index (χ4v) is 3.18. The van der Waals surface area contributed by atoms with Crippen LogP contribution in [0.15, 0.2) is 91.1 Å². The van der Waals surface area contributed by atoms with E-state index >= 15 is 0 Å². The standard InChI is InChI=1S/C25H25N3O/c1-19(18-22(26)16-15-20-10-4-2-5-11-20)28-25(29)24(21-12-6-3-7-13-21)23-14-8-9-17-27-23/h2-17,19,24,26H,18H2,1H3,(H,28,29)/t19?,24-/m0/s1. The minimum absolute atomic E-state index is 0.109. The summed E-state index contributed by atoms with van der Waals surface area (Å²) in [7, 11) is 0. The first-order valence-corrected chi connectivity index (χ1v) is 9.70. The Bertz CT molecular complexity index is 914. The third-order valence-corrected chi connectivity index (χ3v) is 4.57. The van der Waals surface area contributed by atoms with Gasteiger partial charge >= 0.3 is 0 Å². The molecule has 3 aromatic rings. The highest BCUT2D eigenvalue weighted by molar-refractivity contribution is 5.96. The van der Waals surface area contributed by atoms with Gasteiger partial charge in [-0.25, -0.2) is 0 Å². The van der Waals surface area contributed by atoms with Gasteiger partial charge in [-0.2, -0.15) is 0 Å². The van der Waals surface area contributed by atoms with Gasteiger partial charge in [-0.1, -0.05) is 72.8 Å². The van der Waals surface area contributed by atoms with Crippen LogP contribution < -0.4 is 5.32 Å². The number of carbonyl (C=O) groups is 1. The van der Waals surface area contributed by atoms with Crippen molar-refractivity contribution in [2.24, 2.45) is 0 Å². The number of aromatic nitrogens is 1. The van der Waals surface area contributed by atoms with E-state index in [0.29, 0.717) is 17.8 Å². The average Bonchev–Trinajstić information content (AvgIpc) is 2.74. The number of amides is 1. The Balaban J connectivity index is 1.66. The molecule has 29 heavy (non-hydrogen) atoms. The van der Waals surface area contributed by atoms with Gasteiger partial charge in [-0.05, 0) is 36.3 Å². The van der Waals surface area contributed by atoms with Crippen molar-refractivity contribution in [2.45, 2.75) is 25.3 Å². The molecular formula is C25H25N3O. The van der Waals surface area contributed by atoms with Crippen LogP contribution in [-0.2, 0) is 4.79 Å². The summed E-state index contributed by atoms with van der Waals surface area (Å²) in [5, 5.41) is 11.3. The molecule has 0 aliphatic carbocycles. The lowest BCUT2D eigenvalue weighted by molar-refractivity contribution is -0.122. The summed E-state index contributed by atoms with van der Waals surface area (Å²) in [4.78, 5) is 17.5. The molecule has 2 aromatic carbocycles. The van der Waals surface area contributed by atoms with Crippen molar-refractivity contribution >= 4 is 17.7 Å². The number of rotatable bonds is 8. The van der Waals surface area contributed by atoms with Gasteiger partial charge < -0.3 is 10.7 Å². The molecule has 1 unspecified atom stereocenters. The fraction of sp³-hybridized carbons (Fsp3) is 0.160. The second-order valence-corrected chi connectivity index (χ2v) is 6.98. The van der Waals surface area contributed by atoms with Crippen molar-refractivity contribution in [2.75, 3.05) is 0 Å². The number of allylic oxidation sites excluding steroid dienone is 1. The Morgan fingerprint density at radius 2 is 1.66 bits per heavy atom. The smallest absolute Gasteiger partial charge is 0.233 e. The quantitative estimate of drug-likeness (QED) is 0.547. The minimum atomic E-state index is -0.478. The van der Waals surface area contributed by atoms with Gasteiger partial charge in [0, 0.05) is 24.4 Å². The molecule has 1 amide bonds. The molecule has 4 nitrogen and oxygen atoms in total. The number of pyridine rings is 1. The molecule has 3 rings (SSSR count). The van der Waals surface area contributed by atoms with Gasteiger partial charge in [-0.15, -0.1) is 0 Å². The van der Waals surface area contributed by atoms with Crippen LogP contribution in [0.25, 0.3) is 6.08 Å². The van der Waals surface area contributed by atoms with E-state index in [1.165, 1.54) is 0 Å². The van der Waals surface area contributed by atoms with Crippen LogP contribution in [0, 0.1) is 5.41 Å². The zero-order valence-electron chi connectivity index (χ0n) is 16.5. The van der Waals surface area contributed by atoms with E-state index in [9.17, 15) is 4.79 Å². The van der Waals surface area contributed by atoms with Crippen molar-refractivity contribution in [3.63, 3.8) is 0 Å². The first-order chi connectivity index (χ1) is 14.1. The van der Waals surface area contributed by atoms with Gasteiger partial charge in [-0.3, -0.25) is 9.78 Å². The Kier molecular flexibility index (Phi) is 7.06. The summed E-state index contributed by atoms with van der Waals surface area (Å²) >= 11 is 0. The largest absolute Gasteiger partial charge is 0.352 e. The number of hydrogen-bond acceptors (Lipinski definition) is 3. The molecule has 2 atom stereocenters. The van der Waals surface area contributed by atoms with Crippen molar-refractivity contribution in [1.29, 1.82) is 5.41 Å². The zero-order valence-corrected chi connectivity index (χ0v) is 16.5. The Morgan fingerprint density at radius 1 is 1.00 bits per heavy atom. The second-order valence-electron chi connectivity index (χ2n) is 6.98. The highest BCUT2D eigenvalue weighted by Crippen LogP contribution is 2.23. The maximum absolute atomic E-state index is 13.1. The second kappa shape index (κ2) is 10.1. The normalized spacial score (nSPS) is 13.0. The minimum Gasteiger partial charge on any atom is -0.352 e. The highest BCUT2D eigenvalue weighted by Gasteiger charge is 2.25. The van der Waals surface area contributed by atoms with Gasteiger partial charge in [0.1, 0.15) is 5.92 Å². The van der Waals surface area contributed by atoms with Crippen LogP contribution in [0.5, 0.6) is 0 Å². The third-order valence-electron chi connectivity index (χ3n) is 4.57. The molecule has 0 saturated carbocycles. The molecule has 0 aliphatic rings. The zero-order chi connectivity index (χ0) is 20.5. The Labute approximate surface area is 171 Å². The molecule has 0 bridgehead atoms. The predicted molar refractivity (Wildman–Crippen MR) is 118 cm³/mol. The molecule has 146 valence electrons. The molecule has 0 fully saturated rings. The summed E-state index contributed by atoms with van der Waals surface area (Å²) in [5.74, 6) is -0.587. The Hall–Kier alpha value is -3.53. The summed E-state index contributed by atoms with van der Waals surface area (Å²) in [6.45, 7) is 1.92. The molecule has 1 aromatic heterocycles. The van der Waals surface area contributed by atoms with Crippen LogP contribution in [0.4, 0.5) is 0 Å². The maximum atomic E-state index is 13.1. The lowest BCUT2D eigenvalue weighted by Gasteiger charge is -2.20. The van der Waals surface area contributed by atoms with Gasteiger partial charge in [0.15, 0.2) is 0 Å². The van der Waals surface area contributed by atoms with E-state index < -0.39 is 5.92 Å². The number of benzene rings is 2. The molecule has 0 saturated heterocycles. The van der Waals surface area contributed by atoms with Crippen molar-refractivity contribution in [1.82, 2.24) is 10.3 Å². The van der Waals surface area contributed by atoms with Gasteiger partial charge in [0.05, 0.1) is 5.69 Å². The van der Waals surface area contributed by atoms with Crippen LogP contribution in [0.3, 0.4) is 0 Å². The highest BCUT2D eigenvalue weighted by atomic mass is 16.2. The third kappa shape index (κ3) is 5.98. The SMILES string of the molecule is CC(CC(=N)C=Cc1ccccc1)NC(=O)[C@@H](c1ccccc1)c1ccccn1. The monoisotopic (exact) mass is 383 g/mol. The lowest BCUT2D eigenvalue weighted by Crippen LogP contribution is -2.38. The topological polar surface area (TPSA) is 65.8 Å². The predicted octanol–water partition coefficient (Wildman–Crippen LogP) is 4.84. The van der Waals surface area contributed by atoms with Gasteiger partial charge in [0.25, 0.3) is 0 Å². The number of nitrogens with one attached hydrogen (secondary N) is 2. The van der Waals surface area contributed by atoms with E-state index in [-0.39, 0.29) is 11.9 Å². The molecule has 2 N–H and O–H groups in total. The number of carbonyl (C=O) groups excluding carboxylic acids is 1. The fourth-order valence-electron chi connectivity index (χ4n) is 3.18. The van der Waals surface area contributed by atoms with E-state index in [0.717, 1.165) is 11.1 Å². The Morgan fingerprint density at radius 3 is 2.31 bits per heavy atom. The molecule has 0 aliphatic heterocycles. The first kappa shape index (κ1) is 20.2. The van der Waals surface area contributed by atoms with Crippen LogP contribution in [-0.4, -0.2) is 22.6 Å². The van der Waals surface area contributed by atoms with Crippen molar-refractivity contribution in [3.8, 4) is 0 Å². The molecule has 4 heteroatoms. The van der Waals surface area contributed by atoms with E-state index in [1.807, 2.05) is 91.9 Å². The summed E-state index contributed by atoms with van der Waals surface area (Å²) < 4.78 is 0. The molecule has 0 spiro atoms. The summed E-state index contributed by atoms with van der Waals surface area (Å²) in [5.41, 5.74) is 3.13. The van der Waals surface area contributed by atoms with Crippen molar-refractivity contribution < 1.29 is 4.79 Å². The summed E-state index contributed by atoms with van der Waals surface area (Å²) in [6, 6.07) is 25.0. The lowest BCUT2D eigenvalue weighted by atomic mass is 9.93. The van der Waals surface area contributed by atoms with Crippen LogP contribution >= 0.6 is 0 Å². The van der Waals surface area contributed by atoms with Crippen LogP contribution in [0.2, 0.25) is 0 Å². The van der Waals surface area contributed by atoms with Gasteiger partial charge in [0.2, 0.25) is 5.91 Å². The molecule has 1 heterocycles. The number of hydrogen-bond donors (Lipinski definition) is 2. The van der Waals surface area contributed by atoms with Crippen molar-refractivity contribution in [3.05, 3.63) is 108 Å². The molecular weight excluding hydrogens is 358 g/mol.